The molecule has 162 valence electrons. The zero-order chi connectivity index (χ0) is 22.1. The maximum Gasteiger partial charge on any atom is 0.340 e. The van der Waals surface area contributed by atoms with Crippen LogP contribution >= 0.6 is 0 Å². The zero-order valence-electron chi connectivity index (χ0n) is 17.9. The molecule has 0 bridgehead atoms. The van der Waals surface area contributed by atoms with Crippen LogP contribution in [0, 0.1) is 0 Å². The molecule has 0 fully saturated rings. The topological polar surface area (TPSA) is 61.8 Å². The van der Waals surface area contributed by atoms with Crippen molar-refractivity contribution in [1.82, 2.24) is 0 Å². The Bertz CT molecular complexity index is 1200. The van der Waals surface area contributed by atoms with Crippen LogP contribution in [0.5, 0.6) is 11.5 Å². The molecule has 0 radical (unpaired) electrons. The zero-order valence-corrected chi connectivity index (χ0v) is 17.9. The average Bonchev–Trinajstić information content (AvgIpc) is 3.12. The predicted molar refractivity (Wildman–Crippen MR) is 119 cm³/mol. The minimum Gasteiger partial charge on any atom is -0.462 e. The van der Waals surface area contributed by atoms with Crippen LogP contribution in [0.4, 0.5) is 0 Å². The molecule has 0 aliphatic carbocycles. The van der Waals surface area contributed by atoms with Gasteiger partial charge < -0.3 is 14.2 Å². The summed E-state index contributed by atoms with van der Waals surface area (Å²) in [6.07, 6.45) is 4.16. The minimum absolute atomic E-state index is 0.376. The van der Waals surface area contributed by atoms with E-state index in [4.69, 9.17) is 14.2 Å². The number of benzene rings is 3. The van der Waals surface area contributed by atoms with Gasteiger partial charge in [-0.05, 0) is 36.8 Å². The van der Waals surface area contributed by atoms with E-state index >= 15 is 0 Å². The molecule has 32 heavy (non-hydrogen) atoms. The van der Waals surface area contributed by atoms with Gasteiger partial charge in [0.1, 0.15) is 11.5 Å². The molecule has 2 heterocycles. The number of para-hydroxylation sites is 1. The fraction of sp³-hybridized carbons (Fsp3) is 0.259. The van der Waals surface area contributed by atoms with Gasteiger partial charge in [0.2, 0.25) is 0 Å². The first-order chi connectivity index (χ1) is 15.6. The van der Waals surface area contributed by atoms with Gasteiger partial charge in [0.05, 0.1) is 17.7 Å². The molecule has 3 aromatic carbocycles. The van der Waals surface area contributed by atoms with Gasteiger partial charge in [0.25, 0.3) is 0 Å². The summed E-state index contributed by atoms with van der Waals surface area (Å²) in [6.45, 7) is 2.54. The van der Waals surface area contributed by atoms with Crippen molar-refractivity contribution in [3.8, 4) is 11.5 Å². The summed E-state index contributed by atoms with van der Waals surface area (Å²) in [7, 11) is 0. The third kappa shape index (κ3) is 3.16. The quantitative estimate of drug-likeness (QED) is 0.356. The number of rotatable bonds is 6. The molecule has 5 rings (SSSR count). The normalized spacial score (nSPS) is 17.7. The highest BCUT2D eigenvalue weighted by atomic mass is 16.6. The van der Waals surface area contributed by atoms with Crippen molar-refractivity contribution >= 4 is 11.9 Å². The third-order valence-electron chi connectivity index (χ3n) is 6.09. The first-order valence-electron chi connectivity index (χ1n) is 11.1. The Kier molecular flexibility index (Phi) is 5.17. The molecule has 5 nitrogen and oxygen atoms in total. The number of carbonyl (C=O) groups excluding carboxylic acids is 2. The smallest absolute Gasteiger partial charge is 0.340 e. The summed E-state index contributed by atoms with van der Waals surface area (Å²) in [5, 5.41) is 0. The van der Waals surface area contributed by atoms with Gasteiger partial charge in [0.15, 0.2) is 5.60 Å². The highest BCUT2D eigenvalue weighted by molar-refractivity contribution is 5.97. The fourth-order valence-corrected chi connectivity index (χ4v) is 4.53. The van der Waals surface area contributed by atoms with Gasteiger partial charge in [-0.25, -0.2) is 9.59 Å². The number of ether oxygens (including phenoxy) is 3. The predicted octanol–water partition coefficient (Wildman–Crippen LogP) is 5.99. The Labute approximate surface area is 186 Å². The Hall–Kier alpha value is -3.60. The first kappa shape index (κ1) is 20.3. The van der Waals surface area contributed by atoms with E-state index in [1.165, 1.54) is 0 Å². The summed E-state index contributed by atoms with van der Waals surface area (Å²) in [5.41, 5.74) is 2.05. The van der Waals surface area contributed by atoms with Gasteiger partial charge in [0, 0.05) is 16.7 Å². The summed E-state index contributed by atoms with van der Waals surface area (Å²) in [4.78, 5) is 25.4. The number of fused-ring (bicyclic) bond motifs is 6. The van der Waals surface area contributed by atoms with E-state index in [0.717, 1.165) is 36.8 Å². The number of esters is 2. The average molecular weight is 428 g/mol. The summed E-state index contributed by atoms with van der Waals surface area (Å²) in [5.74, 6) is 0.312. The van der Waals surface area contributed by atoms with Crippen molar-refractivity contribution in [3.63, 3.8) is 0 Å². The second kappa shape index (κ2) is 8.15. The van der Waals surface area contributed by atoms with E-state index in [1.54, 1.807) is 24.3 Å². The largest absolute Gasteiger partial charge is 0.462 e. The third-order valence-corrected chi connectivity index (χ3v) is 6.09. The molecule has 0 amide bonds. The van der Waals surface area contributed by atoms with E-state index < -0.39 is 5.60 Å². The lowest BCUT2D eigenvalue weighted by Crippen LogP contribution is -2.33. The molecule has 2 aliphatic rings. The van der Waals surface area contributed by atoms with Crippen LogP contribution in [0.1, 0.15) is 70.0 Å². The van der Waals surface area contributed by atoms with Crippen LogP contribution < -0.4 is 4.74 Å². The fourth-order valence-electron chi connectivity index (χ4n) is 4.53. The summed E-state index contributed by atoms with van der Waals surface area (Å²) < 4.78 is 17.7. The molecule has 1 atom stereocenters. The molecular formula is C27H24O5. The van der Waals surface area contributed by atoms with Gasteiger partial charge in [-0.1, -0.05) is 62.6 Å². The summed E-state index contributed by atoms with van der Waals surface area (Å²) in [6, 6.07) is 20.1. The highest BCUT2D eigenvalue weighted by Crippen LogP contribution is 2.55. The van der Waals surface area contributed by atoms with Crippen molar-refractivity contribution in [3.05, 3.63) is 94.5 Å². The standard InChI is InChI=1S/C27H24O5/c1-2-3-4-9-16-30-25(28)18-14-15-22-24(17-18)31-23-13-8-7-12-21(23)27(22)20-11-6-5-10-19(20)26(29)32-27/h5-8,10-15,17H,2-4,9,16H2,1H3. The minimum atomic E-state index is -1.11. The van der Waals surface area contributed by atoms with Gasteiger partial charge in [-0.3, -0.25) is 0 Å². The lowest BCUT2D eigenvalue weighted by molar-refractivity contribution is 0.0223. The Morgan fingerprint density at radius 3 is 2.47 bits per heavy atom. The number of hydrogen-bond donors (Lipinski definition) is 0. The Morgan fingerprint density at radius 1 is 0.875 bits per heavy atom. The highest BCUT2D eigenvalue weighted by Gasteiger charge is 2.53. The SMILES string of the molecule is CCCCCCOC(=O)c1ccc2c(c1)Oc1ccccc1C21OC(=O)c2ccccc21. The summed E-state index contributed by atoms with van der Waals surface area (Å²) >= 11 is 0. The van der Waals surface area contributed by atoms with E-state index in [0.29, 0.717) is 34.8 Å². The van der Waals surface area contributed by atoms with Gasteiger partial charge >= 0.3 is 11.9 Å². The van der Waals surface area contributed by atoms with Crippen molar-refractivity contribution in [1.29, 1.82) is 0 Å². The van der Waals surface area contributed by atoms with E-state index in [2.05, 4.69) is 6.92 Å². The van der Waals surface area contributed by atoms with Gasteiger partial charge in [-0.15, -0.1) is 0 Å². The van der Waals surface area contributed by atoms with Crippen LogP contribution in [-0.2, 0) is 15.1 Å². The molecule has 0 N–H and O–H groups in total. The lowest BCUT2D eigenvalue weighted by Gasteiger charge is -2.36. The second-order valence-corrected chi connectivity index (χ2v) is 8.12. The van der Waals surface area contributed by atoms with Crippen LogP contribution in [0.15, 0.2) is 66.7 Å². The lowest BCUT2D eigenvalue weighted by atomic mass is 9.77. The van der Waals surface area contributed by atoms with Crippen LogP contribution in [0.2, 0.25) is 0 Å². The van der Waals surface area contributed by atoms with Crippen LogP contribution in [0.3, 0.4) is 0 Å². The molecular weight excluding hydrogens is 404 g/mol. The van der Waals surface area contributed by atoms with E-state index in [1.807, 2.05) is 42.5 Å². The van der Waals surface area contributed by atoms with Crippen molar-refractivity contribution in [2.45, 2.75) is 38.2 Å². The molecule has 0 aromatic heterocycles. The van der Waals surface area contributed by atoms with E-state index in [9.17, 15) is 9.59 Å². The number of unbranched alkanes of at least 4 members (excludes halogenated alkanes) is 3. The Morgan fingerprint density at radius 2 is 1.62 bits per heavy atom. The van der Waals surface area contributed by atoms with Crippen molar-refractivity contribution in [2.24, 2.45) is 0 Å². The molecule has 5 heteroatoms. The van der Waals surface area contributed by atoms with Crippen LogP contribution in [-0.4, -0.2) is 18.5 Å². The molecule has 2 aliphatic heterocycles. The number of carbonyl (C=O) groups is 2. The maximum atomic E-state index is 12.8. The Balaban J connectivity index is 1.54. The van der Waals surface area contributed by atoms with Gasteiger partial charge in [-0.2, -0.15) is 0 Å². The molecule has 0 saturated carbocycles. The molecule has 3 aromatic rings. The second-order valence-electron chi connectivity index (χ2n) is 8.12. The number of hydrogen-bond acceptors (Lipinski definition) is 5. The van der Waals surface area contributed by atoms with Crippen molar-refractivity contribution in [2.75, 3.05) is 6.61 Å². The molecule has 0 saturated heterocycles. The monoisotopic (exact) mass is 428 g/mol. The molecule has 1 spiro atoms. The first-order valence-corrected chi connectivity index (χ1v) is 11.1. The van der Waals surface area contributed by atoms with Crippen LogP contribution in [0.25, 0.3) is 0 Å². The van der Waals surface area contributed by atoms with Crippen molar-refractivity contribution < 1.29 is 23.8 Å². The molecule has 1 unspecified atom stereocenters. The maximum absolute atomic E-state index is 12.8. The van der Waals surface area contributed by atoms with E-state index in [-0.39, 0.29) is 11.9 Å².